The Morgan fingerprint density at radius 1 is 1.12 bits per heavy atom. The van der Waals surface area contributed by atoms with Crippen LogP contribution in [-0.2, 0) is 0 Å². The molecule has 3 rings (SSSR count). The smallest absolute Gasteiger partial charge is 0.321 e. The van der Waals surface area contributed by atoms with Crippen molar-refractivity contribution >= 4 is 29.2 Å². The SMILES string of the molecule is Cc1ccoc1C(=O)N1CCCN(C(=O)Nc2cccc(Cl)c2)CC1. The van der Waals surface area contributed by atoms with E-state index in [-0.39, 0.29) is 11.9 Å². The van der Waals surface area contributed by atoms with Crippen LogP contribution in [-0.4, -0.2) is 47.9 Å². The van der Waals surface area contributed by atoms with E-state index < -0.39 is 0 Å². The Bertz CT molecular complexity index is 774. The van der Waals surface area contributed by atoms with E-state index in [4.69, 9.17) is 16.0 Å². The Balaban J connectivity index is 1.60. The predicted octanol–water partition coefficient (Wildman–Crippen LogP) is 3.62. The van der Waals surface area contributed by atoms with Crippen molar-refractivity contribution < 1.29 is 14.0 Å². The van der Waals surface area contributed by atoms with Gasteiger partial charge in [0.25, 0.3) is 5.91 Å². The maximum absolute atomic E-state index is 12.5. The van der Waals surface area contributed by atoms with Crippen molar-refractivity contribution in [3.63, 3.8) is 0 Å². The molecule has 0 bridgehead atoms. The van der Waals surface area contributed by atoms with E-state index in [1.165, 1.54) is 6.26 Å². The minimum Gasteiger partial charge on any atom is -0.459 e. The van der Waals surface area contributed by atoms with Gasteiger partial charge in [-0.1, -0.05) is 17.7 Å². The number of furan rings is 1. The topological polar surface area (TPSA) is 65.8 Å². The highest BCUT2D eigenvalue weighted by Crippen LogP contribution is 2.17. The monoisotopic (exact) mass is 361 g/mol. The molecule has 0 saturated carbocycles. The average molecular weight is 362 g/mol. The Kier molecular flexibility index (Phi) is 5.28. The fourth-order valence-corrected chi connectivity index (χ4v) is 3.02. The number of nitrogens with zero attached hydrogens (tertiary/aromatic N) is 2. The number of carbonyl (C=O) groups is 2. The van der Waals surface area contributed by atoms with E-state index in [1.807, 2.05) is 6.92 Å². The second-order valence-corrected chi connectivity index (χ2v) is 6.44. The van der Waals surface area contributed by atoms with Crippen molar-refractivity contribution in [2.45, 2.75) is 13.3 Å². The molecule has 1 aromatic carbocycles. The molecule has 1 fully saturated rings. The van der Waals surface area contributed by atoms with Gasteiger partial charge < -0.3 is 19.5 Å². The molecule has 25 heavy (non-hydrogen) atoms. The number of rotatable bonds is 2. The van der Waals surface area contributed by atoms with Gasteiger partial charge in [0.05, 0.1) is 6.26 Å². The third-order valence-corrected chi connectivity index (χ3v) is 4.44. The lowest BCUT2D eigenvalue weighted by Crippen LogP contribution is -2.39. The van der Waals surface area contributed by atoms with E-state index in [9.17, 15) is 9.59 Å². The van der Waals surface area contributed by atoms with Crippen LogP contribution in [0.5, 0.6) is 0 Å². The van der Waals surface area contributed by atoms with Crippen molar-refractivity contribution in [1.82, 2.24) is 9.80 Å². The fraction of sp³-hybridized carbons (Fsp3) is 0.333. The summed E-state index contributed by atoms with van der Waals surface area (Å²) in [6, 6.07) is 8.61. The van der Waals surface area contributed by atoms with Gasteiger partial charge in [-0.05, 0) is 37.6 Å². The van der Waals surface area contributed by atoms with Crippen LogP contribution in [0.3, 0.4) is 0 Å². The summed E-state index contributed by atoms with van der Waals surface area (Å²) in [5.41, 5.74) is 1.48. The largest absolute Gasteiger partial charge is 0.459 e. The van der Waals surface area contributed by atoms with Gasteiger partial charge in [0.15, 0.2) is 5.76 Å². The third-order valence-electron chi connectivity index (χ3n) is 4.20. The lowest BCUT2D eigenvalue weighted by molar-refractivity contribution is 0.0730. The van der Waals surface area contributed by atoms with E-state index in [1.54, 1.807) is 40.1 Å². The zero-order valence-corrected chi connectivity index (χ0v) is 14.8. The number of aryl methyl sites for hydroxylation is 1. The van der Waals surface area contributed by atoms with E-state index in [0.29, 0.717) is 49.1 Å². The second-order valence-electron chi connectivity index (χ2n) is 6.01. The summed E-state index contributed by atoms with van der Waals surface area (Å²) in [7, 11) is 0. The summed E-state index contributed by atoms with van der Waals surface area (Å²) in [6.45, 7) is 3.98. The number of nitrogens with one attached hydrogen (secondary N) is 1. The Morgan fingerprint density at radius 2 is 1.88 bits per heavy atom. The Hall–Kier alpha value is -2.47. The van der Waals surface area contributed by atoms with Gasteiger partial charge in [-0.3, -0.25) is 4.79 Å². The molecule has 1 aliphatic rings. The highest BCUT2D eigenvalue weighted by Gasteiger charge is 2.25. The standard InChI is InChI=1S/C18H20ClN3O3/c1-13-6-11-25-16(13)17(23)21-7-3-8-22(10-9-21)18(24)20-15-5-2-4-14(19)12-15/h2,4-6,11-12H,3,7-10H2,1H3,(H,20,24). The van der Waals surface area contributed by atoms with Crippen molar-refractivity contribution in [3.05, 3.63) is 52.9 Å². The quantitative estimate of drug-likeness (QED) is 0.888. The first-order chi connectivity index (χ1) is 12.0. The van der Waals surface area contributed by atoms with Gasteiger partial charge in [0, 0.05) is 42.5 Å². The molecule has 0 atom stereocenters. The molecule has 1 aliphatic heterocycles. The zero-order valence-electron chi connectivity index (χ0n) is 14.0. The fourth-order valence-electron chi connectivity index (χ4n) is 2.83. The highest BCUT2D eigenvalue weighted by molar-refractivity contribution is 6.30. The molecule has 0 aliphatic carbocycles. The van der Waals surface area contributed by atoms with Crippen LogP contribution >= 0.6 is 11.6 Å². The number of halogens is 1. The van der Waals surface area contributed by atoms with Crippen LogP contribution in [0.2, 0.25) is 5.02 Å². The van der Waals surface area contributed by atoms with Crippen molar-refractivity contribution in [2.24, 2.45) is 0 Å². The number of anilines is 1. The molecule has 0 spiro atoms. The van der Waals surface area contributed by atoms with Crippen molar-refractivity contribution in [2.75, 3.05) is 31.5 Å². The summed E-state index contributed by atoms with van der Waals surface area (Å²) in [6.07, 6.45) is 2.24. The zero-order chi connectivity index (χ0) is 17.8. The van der Waals surface area contributed by atoms with Crippen LogP contribution in [0.25, 0.3) is 0 Å². The van der Waals surface area contributed by atoms with Crippen LogP contribution in [0.15, 0.2) is 41.0 Å². The number of urea groups is 1. The molecular weight excluding hydrogens is 342 g/mol. The molecule has 1 N–H and O–H groups in total. The van der Waals surface area contributed by atoms with Gasteiger partial charge in [-0.2, -0.15) is 0 Å². The summed E-state index contributed by atoms with van der Waals surface area (Å²) in [5.74, 6) is 0.247. The number of benzene rings is 1. The second kappa shape index (κ2) is 7.61. The Labute approximate surface area is 151 Å². The number of amides is 3. The van der Waals surface area contributed by atoms with Crippen molar-refractivity contribution in [1.29, 1.82) is 0 Å². The number of hydrogen-bond donors (Lipinski definition) is 1. The highest BCUT2D eigenvalue weighted by atomic mass is 35.5. The van der Waals surface area contributed by atoms with Crippen LogP contribution in [0.1, 0.15) is 22.5 Å². The Morgan fingerprint density at radius 3 is 2.60 bits per heavy atom. The first kappa shape index (κ1) is 17.4. The molecule has 1 aromatic heterocycles. The number of hydrogen-bond acceptors (Lipinski definition) is 3. The minimum absolute atomic E-state index is 0.125. The van der Waals surface area contributed by atoms with Gasteiger partial charge >= 0.3 is 6.03 Å². The molecule has 2 heterocycles. The minimum atomic E-state index is -0.189. The van der Waals surface area contributed by atoms with E-state index >= 15 is 0 Å². The molecule has 132 valence electrons. The molecule has 0 unspecified atom stereocenters. The van der Waals surface area contributed by atoms with Gasteiger partial charge in [-0.25, -0.2) is 4.79 Å². The number of carbonyl (C=O) groups excluding carboxylic acids is 2. The van der Waals surface area contributed by atoms with Crippen LogP contribution in [0, 0.1) is 6.92 Å². The predicted molar refractivity (Wildman–Crippen MR) is 96.0 cm³/mol. The third kappa shape index (κ3) is 4.14. The van der Waals surface area contributed by atoms with Crippen LogP contribution in [0.4, 0.5) is 10.5 Å². The molecule has 6 nitrogen and oxygen atoms in total. The molecule has 0 radical (unpaired) electrons. The summed E-state index contributed by atoms with van der Waals surface area (Å²) in [5, 5.41) is 3.41. The first-order valence-corrected chi connectivity index (χ1v) is 8.57. The van der Waals surface area contributed by atoms with Gasteiger partial charge in [-0.15, -0.1) is 0 Å². The van der Waals surface area contributed by atoms with E-state index in [2.05, 4.69) is 5.32 Å². The lowest BCUT2D eigenvalue weighted by atomic mass is 10.2. The molecule has 1 saturated heterocycles. The molecular formula is C18H20ClN3O3. The maximum atomic E-state index is 12.5. The maximum Gasteiger partial charge on any atom is 0.321 e. The normalized spacial score (nSPS) is 15.0. The summed E-state index contributed by atoms with van der Waals surface area (Å²) in [4.78, 5) is 28.4. The van der Waals surface area contributed by atoms with Crippen molar-refractivity contribution in [3.8, 4) is 0 Å². The van der Waals surface area contributed by atoms with E-state index in [0.717, 1.165) is 5.56 Å². The molecule has 7 heteroatoms. The van der Waals surface area contributed by atoms with Crippen LogP contribution < -0.4 is 5.32 Å². The molecule has 3 amide bonds. The summed E-state index contributed by atoms with van der Waals surface area (Å²) < 4.78 is 5.29. The summed E-state index contributed by atoms with van der Waals surface area (Å²) >= 11 is 5.94. The van der Waals surface area contributed by atoms with Gasteiger partial charge in [0.1, 0.15) is 0 Å². The first-order valence-electron chi connectivity index (χ1n) is 8.19. The molecule has 2 aromatic rings. The average Bonchev–Trinajstić information content (AvgIpc) is 2.86. The lowest BCUT2D eigenvalue weighted by Gasteiger charge is -2.22. The van der Waals surface area contributed by atoms with Gasteiger partial charge in [0.2, 0.25) is 0 Å².